The Labute approximate surface area is 147 Å². The van der Waals surface area contributed by atoms with E-state index in [4.69, 9.17) is 0 Å². The summed E-state index contributed by atoms with van der Waals surface area (Å²) in [5.74, 6) is 1.91. The topological polar surface area (TPSA) is 57.8 Å². The maximum atomic E-state index is 4.45. The minimum atomic E-state index is 0.778. The Morgan fingerprint density at radius 1 is 1.12 bits per heavy atom. The molecular formula is C19H22N6. The van der Waals surface area contributed by atoms with Gasteiger partial charge < -0.3 is 10.2 Å². The Balaban J connectivity index is 1.38. The van der Waals surface area contributed by atoms with E-state index in [1.165, 1.54) is 11.1 Å². The second-order valence-corrected chi connectivity index (χ2v) is 6.21. The van der Waals surface area contributed by atoms with Gasteiger partial charge in [0.05, 0.1) is 0 Å². The summed E-state index contributed by atoms with van der Waals surface area (Å²) in [7, 11) is 1.84. The molecule has 0 saturated carbocycles. The van der Waals surface area contributed by atoms with Gasteiger partial charge in [-0.3, -0.25) is 9.39 Å². The molecule has 0 unspecified atom stereocenters. The van der Waals surface area contributed by atoms with Crippen LogP contribution >= 0.6 is 0 Å². The van der Waals surface area contributed by atoms with Gasteiger partial charge in [0, 0.05) is 39.3 Å². The molecule has 1 aromatic carbocycles. The van der Waals surface area contributed by atoms with Gasteiger partial charge in [-0.1, -0.05) is 30.3 Å². The van der Waals surface area contributed by atoms with Gasteiger partial charge in [-0.15, -0.1) is 10.2 Å². The lowest BCUT2D eigenvalue weighted by atomic mass is 10.0. The second-order valence-electron chi connectivity index (χ2n) is 6.21. The number of nitrogens with one attached hydrogen (secondary N) is 1. The minimum Gasteiger partial charge on any atom is -0.356 e. The minimum absolute atomic E-state index is 0.778. The molecule has 0 amide bonds. The van der Waals surface area contributed by atoms with Crippen molar-refractivity contribution >= 4 is 11.6 Å². The molecule has 3 aromatic rings. The third-order valence-electron chi connectivity index (χ3n) is 4.66. The lowest BCUT2D eigenvalue weighted by Gasteiger charge is -2.31. The molecule has 2 aromatic heterocycles. The second kappa shape index (κ2) is 6.93. The molecule has 1 N–H and O–H groups in total. The van der Waals surface area contributed by atoms with Crippen LogP contribution in [0.5, 0.6) is 0 Å². The number of pyridine rings is 1. The zero-order valence-electron chi connectivity index (χ0n) is 14.4. The molecule has 3 heterocycles. The fourth-order valence-corrected chi connectivity index (χ4v) is 3.36. The first-order valence-corrected chi connectivity index (χ1v) is 8.66. The average Bonchev–Trinajstić information content (AvgIpc) is 3.08. The molecule has 0 saturated heterocycles. The lowest BCUT2D eigenvalue weighted by Crippen LogP contribution is -2.44. The number of aromatic nitrogens is 3. The predicted molar refractivity (Wildman–Crippen MR) is 98.6 cm³/mol. The quantitative estimate of drug-likeness (QED) is 0.587. The molecule has 0 radical (unpaired) electrons. The van der Waals surface area contributed by atoms with E-state index >= 15 is 0 Å². The van der Waals surface area contributed by atoms with Gasteiger partial charge in [0.1, 0.15) is 5.82 Å². The fraction of sp³-hybridized carbons (Fsp3) is 0.316. The van der Waals surface area contributed by atoms with Crippen LogP contribution in [0.1, 0.15) is 17.0 Å². The normalized spacial score (nSPS) is 14.6. The molecule has 4 rings (SSSR count). The SMILES string of the molecule is CN=C(NCCc1nnc2ccccn12)N1CCc2ccccc2C1. The van der Waals surface area contributed by atoms with Crippen molar-refractivity contribution in [3.63, 3.8) is 0 Å². The number of nitrogens with zero attached hydrogens (tertiary/aromatic N) is 5. The highest BCUT2D eigenvalue weighted by Gasteiger charge is 2.18. The number of fused-ring (bicyclic) bond motifs is 2. The van der Waals surface area contributed by atoms with Crippen molar-refractivity contribution in [2.24, 2.45) is 4.99 Å². The first-order chi connectivity index (χ1) is 12.3. The summed E-state index contributed by atoms with van der Waals surface area (Å²) in [6.45, 7) is 2.68. The van der Waals surface area contributed by atoms with E-state index in [1.807, 2.05) is 35.8 Å². The maximum absolute atomic E-state index is 4.45. The molecule has 25 heavy (non-hydrogen) atoms. The van der Waals surface area contributed by atoms with Gasteiger partial charge in [-0.25, -0.2) is 0 Å². The highest BCUT2D eigenvalue weighted by molar-refractivity contribution is 5.80. The molecule has 6 heteroatoms. The number of guanidine groups is 1. The first-order valence-electron chi connectivity index (χ1n) is 8.66. The Morgan fingerprint density at radius 2 is 1.96 bits per heavy atom. The third kappa shape index (κ3) is 3.20. The van der Waals surface area contributed by atoms with Crippen LogP contribution in [0.25, 0.3) is 5.65 Å². The van der Waals surface area contributed by atoms with Gasteiger partial charge in [0.25, 0.3) is 0 Å². The summed E-state index contributed by atoms with van der Waals surface area (Å²) in [4.78, 5) is 6.76. The van der Waals surface area contributed by atoms with Gasteiger partial charge in [-0.05, 0) is 29.7 Å². The van der Waals surface area contributed by atoms with Crippen LogP contribution in [0.15, 0.2) is 53.7 Å². The van der Waals surface area contributed by atoms with E-state index in [0.29, 0.717) is 0 Å². The summed E-state index contributed by atoms with van der Waals surface area (Å²) in [6.07, 6.45) is 3.86. The molecule has 1 aliphatic heterocycles. The highest BCUT2D eigenvalue weighted by Crippen LogP contribution is 2.18. The molecule has 128 valence electrons. The van der Waals surface area contributed by atoms with Crippen LogP contribution in [0.2, 0.25) is 0 Å². The molecular weight excluding hydrogens is 312 g/mol. The van der Waals surface area contributed by atoms with Crippen LogP contribution in [-0.4, -0.2) is 45.6 Å². The highest BCUT2D eigenvalue weighted by atomic mass is 15.3. The number of hydrogen-bond donors (Lipinski definition) is 1. The molecule has 6 nitrogen and oxygen atoms in total. The maximum Gasteiger partial charge on any atom is 0.193 e. The first kappa shape index (κ1) is 15.6. The van der Waals surface area contributed by atoms with Crippen LogP contribution in [0.4, 0.5) is 0 Å². The molecule has 0 spiro atoms. The molecule has 0 bridgehead atoms. The summed E-state index contributed by atoms with van der Waals surface area (Å²) in [5.41, 5.74) is 3.72. The molecule has 0 fully saturated rings. The van der Waals surface area contributed by atoms with Crippen molar-refractivity contribution in [3.05, 3.63) is 65.6 Å². The Morgan fingerprint density at radius 3 is 2.84 bits per heavy atom. The smallest absolute Gasteiger partial charge is 0.193 e. The lowest BCUT2D eigenvalue weighted by molar-refractivity contribution is 0.379. The van der Waals surface area contributed by atoms with Crippen molar-refractivity contribution in [2.45, 2.75) is 19.4 Å². The zero-order chi connectivity index (χ0) is 17.1. The van der Waals surface area contributed by atoms with E-state index in [1.54, 1.807) is 0 Å². The molecule has 0 atom stereocenters. The standard InChI is InChI=1S/C19H22N6/c1-20-19(24-13-10-15-6-2-3-7-16(15)14-24)21-11-9-18-23-22-17-8-4-5-12-25(17)18/h2-8,12H,9-11,13-14H2,1H3,(H,20,21). The van der Waals surface area contributed by atoms with Crippen LogP contribution in [-0.2, 0) is 19.4 Å². The largest absolute Gasteiger partial charge is 0.356 e. The van der Waals surface area contributed by atoms with Gasteiger partial charge >= 0.3 is 0 Å². The van der Waals surface area contributed by atoms with Crippen molar-refractivity contribution in [1.29, 1.82) is 0 Å². The van der Waals surface area contributed by atoms with E-state index < -0.39 is 0 Å². The van der Waals surface area contributed by atoms with Crippen molar-refractivity contribution in [2.75, 3.05) is 20.1 Å². The van der Waals surface area contributed by atoms with Crippen molar-refractivity contribution < 1.29 is 0 Å². The van der Waals surface area contributed by atoms with Gasteiger partial charge in [-0.2, -0.15) is 0 Å². The Bertz CT molecular complexity index is 898. The average molecular weight is 334 g/mol. The Kier molecular flexibility index (Phi) is 4.33. The number of rotatable bonds is 3. The number of benzene rings is 1. The van der Waals surface area contributed by atoms with E-state index in [-0.39, 0.29) is 0 Å². The van der Waals surface area contributed by atoms with Gasteiger partial charge in [0.2, 0.25) is 0 Å². The third-order valence-corrected chi connectivity index (χ3v) is 4.66. The summed E-state index contributed by atoms with van der Waals surface area (Å²) >= 11 is 0. The van der Waals surface area contributed by atoms with Crippen molar-refractivity contribution in [1.82, 2.24) is 24.8 Å². The van der Waals surface area contributed by atoms with Crippen LogP contribution < -0.4 is 5.32 Å². The van der Waals surface area contributed by atoms with Crippen molar-refractivity contribution in [3.8, 4) is 0 Å². The molecule has 0 aliphatic carbocycles. The van der Waals surface area contributed by atoms with E-state index in [2.05, 4.69) is 49.7 Å². The number of aliphatic imine (C=N–C) groups is 1. The summed E-state index contributed by atoms with van der Waals surface area (Å²) in [5, 5.41) is 11.9. The Hall–Kier alpha value is -2.89. The molecule has 1 aliphatic rings. The zero-order valence-corrected chi connectivity index (χ0v) is 14.4. The predicted octanol–water partition coefficient (Wildman–Crippen LogP) is 1.91. The fourth-order valence-electron chi connectivity index (χ4n) is 3.36. The number of hydrogen-bond acceptors (Lipinski definition) is 3. The van der Waals surface area contributed by atoms with E-state index in [0.717, 1.165) is 49.9 Å². The van der Waals surface area contributed by atoms with Crippen LogP contribution in [0.3, 0.4) is 0 Å². The van der Waals surface area contributed by atoms with Gasteiger partial charge in [0.15, 0.2) is 11.6 Å². The monoisotopic (exact) mass is 334 g/mol. The van der Waals surface area contributed by atoms with Crippen LogP contribution in [0, 0.1) is 0 Å². The summed E-state index contributed by atoms with van der Waals surface area (Å²) < 4.78 is 2.03. The van der Waals surface area contributed by atoms with E-state index in [9.17, 15) is 0 Å². The summed E-state index contributed by atoms with van der Waals surface area (Å²) in [6, 6.07) is 14.6.